The van der Waals surface area contributed by atoms with Crippen LogP contribution in [0, 0.1) is 6.92 Å². The highest BCUT2D eigenvalue weighted by molar-refractivity contribution is 6.42. The van der Waals surface area contributed by atoms with E-state index in [1.54, 1.807) is 24.3 Å². The van der Waals surface area contributed by atoms with Crippen LogP contribution in [0.2, 0.25) is 10.0 Å². The summed E-state index contributed by atoms with van der Waals surface area (Å²) in [6.45, 7) is 2.53. The van der Waals surface area contributed by atoms with Gasteiger partial charge >= 0.3 is 0 Å². The van der Waals surface area contributed by atoms with Crippen molar-refractivity contribution < 1.29 is 4.79 Å². The van der Waals surface area contributed by atoms with Gasteiger partial charge in [-0.1, -0.05) is 59.1 Å². The van der Waals surface area contributed by atoms with E-state index in [1.807, 2.05) is 31.2 Å². The summed E-state index contributed by atoms with van der Waals surface area (Å²) in [6, 6.07) is 13.3. The number of aryl methyl sites for hydroxylation is 1. The predicted octanol–water partition coefficient (Wildman–Crippen LogP) is 4.63. The van der Waals surface area contributed by atoms with E-state index in [4.69, 9.17) is 23.2 Å². The maximum absolute atomic E-state index is 11.8. The van der Waals surface area contributed by atoms with Crippen molar-refractivity contribution in [3.63, 3.8) is 0 Å². The monoisotopic (exact) mass is 319 g/mol. The van der Waals surface area contributed by atoms with E-state index in [1.165, 1.54) is 11.6 Å². The lowest BCUT2D eigenvalue weighted by Gasteiger charge is -2.03. The Morgan fingerprint density at radius 3 is 2.48 bits per heavy atom. The maximum Gasteiger partial charge on any atom is 0.244 e. The van der Waals surface area contributed by atoms with Gasteiger partial charge in [-0.05, 0) is 36.3 Å². The van der Waals surface area contributed by atoms with Gasteiger partial charge in [-0.25, -0.2) is 0 Å². The van der Waals surface area contributed by atoms with Crippen molar-refractivity contribution in [3.05, 3.63) is 75.3 Å². The standard InChI is InChI=1S/C17H15Cl2NO/c1-12-2-4-14(5-3-12)11-20-17(21)9-7-13-6-8-15(18)16(19)10-13/h2-10H,11H2,1H3,(H,20,21). The third-order valence-electron chi connectivity index (χ3n) is 2.96. The van der Waals surface area contributed by atoms with Crippen molar-refractivity contribution in [1.82, 2.24) is 5.32 Å². The number of hydrogen-bond donors (Lipinski definition) is 1. The largest absolute Gasteiger partial charge is 0.348 e. The molecule has 1 N–H and O–H groups in total. The van der Waals surface area contributed by atoms with Crippen molar-refractivity contribution in [3.8, 4) is 0 Å². The first kappa shape index (κ1) is 15.6. The molecule has 0 atom stereocenters. The molecule has 2 nitrogen and oxygen atoms in total. The highest BCUT2D eigenvalue weighted by Crippen LogP contribution is 2.23. The molecule has 2 rings (SSSR count). The number of nitrogens with one attached hydrogen (secondary N) is 1. The number of carbonyl (C=O) groups is 1. The molecule has 1 amide bonds. The molecule has 0 spiro atoms. The smallest absolute Gasteiger partial charge is 0.244 e. The van der Waals surface area contributed by atoms with E-state index < -0.39 is 0 Å². The average molecular weight is 320 g/mol. The Hall–Kier alpha value is -1.77. The normalized spacial score (nSPS) is 10.8. The van der Waals surface area contributed by atoms with Crippen LogP contribution < -0.4 is 5.32 Å². The summed E-state index contributed by atoms with van der Waals surface area (Å²) in [5.74, 6) is -0.151. The van der Waals surface area contributed by atoms with E-state index in [9.17, 15) is 4.79 Å². The molecular formula is C17H15Cl2NO. The van der Waals surface area contributed by atoms with Crippen molar-refractivity contribution in [2.24, 2.45) is 0 Å². The second-order valence-corrected chi connectivity index (χ2v) is 5.52. The first-order valence-electron chi connectivity index (χ1n) is 6.51. The van der Waals surface area contributed by atoms with Crippen molar-refractivity contribution in [2.75, 3.05) is 0 Å². The average Bonchev–Trinajstić information content (AvgIpc) is 2.48. The summed E-state index contributed by atoms with van der Waals surface area (Å²) in [6.07, 6.45) is 3.18. The molecule has 0 aliphatic rings. The molecule has 0 saturated carbocycles. The van der Waals surface area contributed by atoms with Crippen LogP contribution >= 0.6 is 23.2 Å². The number of benzene rings is 2. The molecule has 2 aromatic rings. The highest BCUT2D eigenvalue weighted by Gasteiger charge is 1.99. The Labute approximate surface area is 134 Å². The Bertz CT molecular complexity index is 663. The summed E-state index contributed by atoms with van der Waals surface area (Å²) < 4.78 is 0. The van der Waals surface area contributed by atoms with Crippen LogP contribution in [-0.4, -0.2) is 5.91 Å². The summed E-state index contributed by atoms with van der Waals surface area (Å²) in [4.78, 5) is 11.8. The zero-order chi connectivity index (χ0) is 15.2. The van der Waals surface area contributed by atoms with E-state index >= 15 is 0 Å². The Morgan fingerprint density at radius 2 is 1.81 bits per heavy atom. The fraction of sp³-hybridized carbons (Fsp3) is 0.118. The van der Waals surface area contributed by atoms with Crippen LogP contribution in [0.25, 0.3) is 6.08 Å². The molecule has 0 fully saturated rings. The van der Waals surface area contributed by atoms with E-state index in [2.05, 4.69) is 5.32 Å². The van der Waals surface area contributed by atoms with E-state index in [0.29, 0.717) is 16.6 Å². The molecule has 0 radical (unpaired) electrons. The number of halogens is 2. The molecular weight excluding hydrogens is 305 g/mol. The van der Waals surface area contributed by atoms with Gasteiger partial charge in [0, 0.05) is 12.6 Å². The molecule has 0 aliphatic carbocycles. The van der Waals surface area contributed by atoms with E-state index in [-0.39, 0.29) is 5.91 Å². The zero-order valence-corrected chi connectivity index (χ0v) is 13.1. The third-order valence-corrected chi connectivity index (χ3v) is 3.70. The van der Waals surface area contributed by atoms with Gasteiger partial charge in [0.25, 0.3) is 0 Å². The SMILES string of the molecule is Cc1ccc(CNC(=O)C=Cc2ccc(Cl)c(Cl)c2)cc1. The summed E-state index contributed by atoms with van der Waals surface area (Å²) in [5, 5.41) is 3.80. The molecule has 0 bridgehead atoms. The summed E-state index contributed by atoms with van der Waals surface area (Å²) in [5.41, 5.74) is 3.09. The van der Waals surface area contributed by atoms with Crippen molar-refractivity contribution >= 4 is 35.2 Å². The minimum atomic E-state index is -0.151. The number of carbonyl (C=O) groups excluding carboxylic acids is 1. The second kappa shape index (κ2) is 7.30. The summed E-state index contributed by atoms with van der Waals surface area (Å²) >= 11 is 11.8. The molecule has 21 heavy (non-hydrogen) atoms. The molecule has 0 heterocycles. The molecule has 0 saturated heterocycles. The predicted molar refractivity (Wildman–Crippen MR) is 88.5 cm³/mol. The van der Waals surface area contributed by atoms with Gasteiger partial charge in [0.15, 0.2) is 0 Å². The molecule has 2 aromatic carbocycles. The first-order valence-corrected chi connectivity index (χ1v) is 7.27. The Morgan fingerprint density at radius 1 is 1.10 bits per heavy atom. The lowest BCUT2D eigenvalue weighted by molar-refractivity contribution is -0.116. The first-order chi connectivity index (χ1) is 10.0. The number of rotatable bonds is 4. The summed E-state index contributed by atoms with van der Waals surface area (Å²) in [7, 11) is 0. The zero-order valence-electron chi connectivity index (χ0n) is 11.6. The highest BCUT2D eigenvalue weighted by atomic mass is 35.5. The lowest BCUT2D eigenvalue weighted by Crippen LogP contribution is -2.20. The Balaban J connectivity index is 1.90. The quantitative estimate of drug-likeness (QED) is 0.818. The number of hydrogen-bond acceptors (Lipinski definition) is 1. The Kier molecular flexibility index (Phi) is 5.43. The third kappa shape index (κ3) is 4.92. The van der Waals surface area contributed by atoms with Crippen LogP contribution in [0.5, 0.6) is 0 Å². The van der Waals surface area contributed by atoms with Crippen LogP contribution in [0.15, 0.2) is 48.5 Å². The van der Waals surface area contributed by atoms with Gasteiger partial charge in [-0.2, -0.15) is 0 Å². The van der Waals surface area contributed by atoms with Gasteiger partial charge in [-0.3, -0.25) is 4.79 Å². The van der Waals surface area contributed by atoms with Gasteiger partial charge in [0.2, 0.25) is 5.91 Å². The maximum atomic E-state index is 11.8. The molecule has 0 unspecified atom stereocenters. The molecule has 0 aliphatic heterocycles. The fourth-order valence-corrected chi connectivity index (χ4v) is 2.05. The van der Waals surface area contributed by atoms with Gasteiger partial charge in [-0.15, -0.1) is 0 Å². The molecule has 4 heteroatoms. The van der Waals surface area contributed by atoms with Crippen molar-refractivity contribution in [2.45, 2.75) is 13.5 Å². The van der Waals surface area contributed by atoms with Crippen LogP contribution in [0.4, 0.5) is 0 Å². The minimum Gasteiger partial charge on any atom is -0.348 e. The lowest BCUT2D eigenvalue weighted by atomic mass is 10.1. The van der Waals surface area contributed by atoms with Crippen LogP contribution in [0.1, 0.15) is 16.7 Å². The topological polar surface area (TPSA) is 29.1 Å². The van der Waals surface area contributed by atoms with Crippen LogP contribution in [0.3, 0.4) is 0 Å². The van der Waals surface area contributed by atoms with Gasteiger partial charge in [0.05, 0.1) is 10.0 Å². The molecule has 0 aromatic heterocycles. The van der Waals surface area contributed by atoms with E-state index in [0.717, 1.165) is 11.1 Å². The fourth-order valence-electron chi connectivity index (χ4n) is 1.74. The second-order valence-electron chi connectivity index (χ2n) is 4.71. The van der Waals surface area contributed by atoms with Gasteiger partial charge < -0.3 is 5.32 Å². The van der Waals surface area contributed by atoms with Crippen LogP contribution in [-0.2, 0) is 11.3 Å². The number of amides is 1. The van der Waals surface area contributed by atoms with Gasteiger partial charge in [0.1, 0.15) is 0 Å². The molecule has 108 valence electrons. The van der Waals surface area contributed by atoms with Crippen molar-refractivity contribution in [1.29, 1.82) is 0 Å². The minimum absolute atomic E-state index is 0.151.